The third kappa shape index (κ3) is 4.96. The van der Waals surface area contributed by atoms with E-state index in [1.807, 2.05) is 25.7 Å². The Balaban J connectivity index is 1.63. The number of hydrogen-bond acceptors (Lipinski definition) is 6. The third-order valence-corrected chi connectivity index (χ3v) is 6.71. The average Bonchev–Trinajstić information content (AvgIpc) is 2.60. The lowest BCUT2D eigenvalue weighted by molar-refractivity contribution is 0.00813. The minimum absolute atomic E-state index is 0.175. The van der Waals surface area contributed by atoms with E-state index in [-0.39, 0.29) is 16.4 Å². The molecule has 28 heavy (non-hydrogen) atoms. The molecule has 1 spiro atoms. The molecule has 0 unspecified atom stereocenters. The van der Waals surface area contributed by atoms with Gasteiger partial charge in [-0.2, -0.15) is 0 Å². The summed E-state index contributed by atoms with van der Waals surface area (Å²) in [5, 5.41) is 0. The minimum Gasteiger partial charge on any atom is -0.444 e. The Hall–Kier alpha value is -1.83. The van der Waals surface area contributed by atoms with Crippen LogP contribution in [0.15, 0.2) is 23.2 Å². The zero-order chi connectivity index (χ0) is 20.6. The Kier molecular flexibility index (Phi) is 5.62. The number of anilines is 1. The van der Waals surface area contributed by atoms with Gasteiger partial charge in [0.05, 0.1) is 4.90 Å². The maximum Gasteiger partial charge on any atom is 0.410 e. The molecule has 8 heteroatoms. The second-order valence-electron chi connectivity index (χ2n) is 9.12. The van der Waals surface area contributed by atoms with Crippen LogP contribution in [0.5, 0.6) is 0 Å². The molecule has 2 aliphatic rings. The SMILES string of the molecule is CC(C)(C)OC(=O)N1CCC2(CCCN(c3ccc(S(C)(=O)=O)cn3)C2)CC1. The zero-order valence-corrected chi connectivity index (χ0v) is 18.1. The molecular weight excluding hydrogens is 378 g/mol. The van der Waals surface area contributed by atoms with Crippen molar-refractivity contribution in [2.24, 2.45) is 5.41 Å². The predicted octanol–water partition coefficient (Wildman–Crippen LogP) is 3.10. The molecule has 0 N–H and O–H groups in total. The molecule has 1 aromatic rings. The van der Waals surface area contributed by atoms with E-state index >= 15 is 0 Å². The van der Waals surface area contributed by atoms with Crippen LogP contribution in [0.25, 0.3) is 0 Å². The van der Waals surface area contributed by atoms with Crippen LogP contribution in [0.2, 0.25) is 0 Å². The van der Waals surface area contributed by atoms with E-state index in [0.29, 0.717) is 13.1 Å². The van der Waals surface area contributed by atoms with Gasteiger partial charge in [0.25, 0.3) is 0 Å². The van der Waals surface area contributed by atoms with Gasteiger partial charge < -0.3 is 14.5 Å². The van der Waals surface area contributed by atoms with Crippen LogP contribution in [-0.4, -0.2) is 62.4 Å². The highest BCUT2D eigenvalue weighted by molar-refractivity contribution is 7.90. The van der Waals surface area contributed by atoms with Crippen LogP contribution in [0, 0.1) is 5.41 Å². The molecule has 2 fully saturated rings. The van der Waals surface area contributed by atoms with Gasteiger partial charge in [0.1, 0.15) is 11.4 Å². The first-order valence-corrected chi connectivity index (χ1v) is 11.8. The molecule has 7 nitrogen and oxygen atoms in total. The van der Waals surface area contributed by atoms with Gasteiger partial charge in [-0.05, 0) is 64.0 Å². The monoisotopic (exact) mass is 409 g/mol. The van der Waals surface area contributed by atoms with Crippen molar-refractivity contribution in [2.45, 2.75) is 57.0 Å². The number of nitrogens with zero attached hydrogens (tertiary/aromatic N) is 3. The molecule has 3 rings (SSSR count). The van der Waals surface area contributed by atoms with Crippen molar-refractivity contribution in [3.63, 3.8) is 0 Å². The van der Waals surface area contributed by atoms with E-state index in [4.69, 9.17) is 4.74 Å². The van der Waals surface area contributed by atoms with Crippen LogP contribution in [0.4, 0.5) is 10.6 Å². The van der Waals surface area contributed by atoms with Crippen molar-refractivity contribution >= 4 is 21.7 Å². The van der Waals surface area contributed by atoms with E-state index in [1.54, 1.807) is 12.1 Å². The molecule has 0 atom stereocenters. The summed E-state index contributed by atoms with van der Waals surface area (Å²) in [5.74, 6) is 0.820. The van der Waals surface area contributed by atoms with E-state index < -0.39 is 15.4 Å². The number of carbonyl (C=O) groups excluding carboxylic acids is 1. The van der Waals surface area contributed by atoms with Gasteiger partial charge in [0, 0.05) is 38.6 Å². The van der Waals surface area contributed by atoms with E-state index in [1.165, 1.54) is 12.5 Å². The predicted molar refractivity (Wildman–Crippen MR) is 108 cm³/mol. The molecule has 0 aliphatic carbocycles. The Bertz CT molecular complexity index is 807. The van der Waals surface area contributed by atoms with Crippen molar-refractivity contribution in [3.8, 4) is 0 Å². The summed E-state index contributed by atoms with van der Waals surface area (Å²) in [5.41, 5.74) is -0.300. The molecule has 0 aromatic carbocycles. The molecular formula is C20H31N3O4S. The summed E-state index contributed by atoms with van der Waals surface area (Å²) in [6.07, 6.45) is 6.52. The summed E-state index contributed by atoms with van der Waals surface area (Å²) in [4.78, 5) is 21.0. The Morgan fingerprint density at radius 3 is 2.36 bits per heavy atom. The number of hydrogen-bond donors (Lipinski definition) is 0. The van der Waals surface area contributed by atoms with Crippen molar-refractivity contribution in [1.82, 2.24) is 9.88 Å². The smallest absolute Gasteiger partial charge is 0.410 e. The first-order valence-electron chi connectivity index (χ1n) is 9.87. The third-order valence-electron chi connectivity index (χ3n) is 5.61. The fourth-order valence-corrected chi connectivity index (χ4v) is 4.64. The van der Waals surface area contributed by atoms with Crippen LogP contribution in [-0.2, 0) is 14.6 Å². The fraction of sp³-hybridized carbons (Fsp3) is 0.700. The van der Waals surface area contributed by atoms with Crippen molar-refractivity contribution in [3.05, 3.63) is 18.3 Å². The number of sulfone groups is 1. The number of ether oxygens (including phenoxy) is 1. The maximum atomic E-state index is 12.3. The van der Waals surface area contributed by atoms with Gasteiger partial charge in [-0.15, -0.1) is 0 Å². The topological polar surface area (TPSA) is 79.8 Å². The van der Waals surface area contributed by atoms with Crippen LogP contribution >= 0.6 is 0 Å². The average molecular weight is 410 g/mol. The number of pyridine rings is 1. The second-order valence-corrected chi connectivity index (χ2v) is 11.1. The minimum atomic E-state index is -3.24. The molecule has 3 heterocycles. The molecule has 1 amide bonds. The van der Waals surface area contributed by atoms with Gasteiger partial charge in [-0.1, -0.05) is 0 Å². The summed E-state index contributed by atoms with van der Waals surface area (Å²) < 4.78 is 28.8. The van der Waals surface area contributed by atoms with Crippen molar-refractivity contribution in [2.75, 3.05) is 37.3 Å². The summed E-state index contributed by atoms with van der Waals surface area (Å²) >= 11 is 0. The van der Waals surface area contributed by atoms with E-state index in [0.717, 1.165) is 44.6 Å². The quantitative estimate of drug-likeness (QED) is 0.747. The van der Waals surface area contributed by atoms with Crippen molar-refractivity contribution in [1.29, 1.82) is 0 Å². The molecule has 2 saturated heterocycles. The maximum absolute atomic E-state index is 12.3. The normalized spacial score (nSPS) is 20.3. The zero-order valence-electron chi connectivity index (χ0n) is 17.3. The molecule has 156 valence electrons. The highest BCUT2D eigenvalue weighted by Gasteiger charge is 2.40. The van der Waals surface area contributed by atoms with E-state index in [2.05, 4.69) is 9.88 Å². The molecule has 0 radical (unpaired) electrons. The summed E-state index contributed by atoms with van der Waals surface area (Å²) in [7, 11) is -3.24. The van der Waals surface area contributed by atoms with Gasteiger partial charge in [0.2, 0.25) is 0 Å². The highest BCUT2D eigenvalue weighted by atomic mass is 32.2. The van der Waals surface area contributed by atoms with Crippen LogP contribution < -0.4 is 4.90 Å². The lowest BCUT2D eigenvalue weighted by atomic mass is 9.72. The fourth-order valence-electron chi connectivity index (χ4n) is 4.08. The van der Waals surface area contributed by atoms with Gasteiger partial charge >= 0.3 is 6.09 Å². The Morgan fingerprint density at radius 1 is 1.14 bits per heavy atom. The first-order chi connectivity index (χ1) is 13.0. The molecule has 1 aromatic heterocycles. The lowest BCUT2D eigenvalue weighted by Crippen LogP contribution is -2.51. The highest BCUT2D eigenvalue weighted by Crippen LogP contribution is 2.41. The number of carbonyl (C=O) groups is 1. The molecule has 0 saturated carbocycles. The molecule has 0 bridgehead atoms. The van der Waals surface area contributed by atoms with E-state index in [9.17, 15) is 13.2 Å². The van der Waals surface area contributed by atoms with Gasteiger partial charge in [-0.3, -0.25) is 0 Å². The summed E-state index contributed by atoms with van der Waals surface area (Å²) in [6.45, 7) is 8.89. The molecule has 2 aliphatic heterocycles. The summed E-state index contributed by atoms with van der Waals surface area (Å²) in [6, 6.07) is 3.43. The number of likely N-dealkylation sites (tertiary alicyclic amines) is 1. The largest absolute Gasteiger partial charge is 0.444 e. The standard InChI is InChI=1S/C20H31N3O4S/c1-19(2,3)27-18(24)22-12-9-20(10-13-22)8-5-11-23(15-20)17-7-6-16(14-21-17)28(4,25)26/h6-7,14H,5,8-13,15H2,1-4H3. The van der Waals surface area contributed by atoms with Crippen molar-refractivity contribution < 1.29 is 17.9 Å². The Labute approximate surface area is 168 Å². The first kappa shape index (κ1) is 20.9. The Morgan fingerprint density at radius 2 is 1.82 bits per heavy atom. The number of piperidine rings is 2. The number of aromatic nitrogens is 1. The van der Waals surface area contributed by atoms with Crippen LogP contribution in [0.3, 0.4) is 0 Å². The lowest BCUT2D eigenvalue weighted by Gasteiger charge is -2.48. The second kappa shape index (κ2) is 7.54. The van der Waals surface area contributed by atoms with Gasteiger partial charge in [-0.25, -0.2) is 18.2 Å². The van der Waals surface area contributed by atoms with Crippen LogP contribution in [0.1, 0.15) is 46.5 Å². The van der Waals surface area contributed by atoms with Gasteiger partial charge in [0.15, 0.2) is 9.84 Å². The number of amides is 1. The number of rotatable bonds is 2.